The second kappa shape index (κ2) is 4.49. The Morgan fingerprint density at radius 3 is 2.67 bits per heavy atom. The molecular weight excluding hydrogens is 208 g/mol. The summed E-state index contributed by atoms with van der Waals surface area (Å²) in [5.74, 6) is 1.08. The van der Waals surface area contributed by atoms with Crippen LogP contribution in [0.1, 0.15) is 11.1 Å². The second-order valence-electron chi connectivity index (χ2n) is 3.33. The summed E-state index contributed by atoms with van der Waals surface area (Å²) in [6.45, 7) is 0.914. The Balaban J connectivity index is 2.20. The first-order valence-corrected chi connectivity index (χ1v) is 5.77. The monoisotopic (exact) mass is 220 g/mol. The molecule has 0 saturated carbocycles. The SMILES string of the molecule is C[N+]([O-])=Cc1ccc(C2=NCCS2)cc1. The summed E-state index contributed by atoms with van der Waals surface area (Å²) >= 11 is 1.78. The number of hydrogen-bond acceptors (Lipinski definition) is 3. The van der Waals surface area contributed by atoms with Crippen molar-refractivity contribution in [1.29, 1.82) is 0 Å². The first-order valence-electron chi connectivity index (χ1n) is 4.78. The summed E-state index contributed by atoms with van der Waals surface area (Å²) in [5.41, 5.74) is 2.06. The number of aliphatic imine (C=N–C) groups is 1. The summed E-state index contributed by atoms with van der Waals surface area (Å²) in [4.78, 5) is 4.39. The maximum absolute atomic E-state index is 10.8. The minimum absolute atomic E-state index is 0.802. The Morgan fingerprint density at radius 1 is 1.40 bits per heavy atom. The molecule has 0 aromatic heterocycles. The molecule has 1 aliphatic rings. The Hall–Kier alpha value is -1.29. The van der Waals surface area contributed by atoms with Gasteiger partial charge in [0.2, 0.25) is 0 Å². The van der Waals surface area contributed by atoms with Crippen LogP contribution in [0.4, 0.5) is 0 Å². The molecule has 1 aromatic rings. The fourth-order valence-electron chi connectivity index (χ4n) is 1.43. The third kappa shape index (κ3) is 2.59. The van der Waals surface area contributed by atoms with Crippen LogP contribution in [0.15, 0.2) is 29.3 Å². The molecule has 1 heterocycles. The number of rotatable bonds is 2. The van der Waals surface area contributed by atoms with Crippen molar-refractivity contribution < 1.29 is 4.74 Å². The van der Waals surface area contributed by atoms with E-state index < -0.39 is 0 Å². The fraction of sp³-hybridized carbons (Fsp3) is 0.273. The quantitative estimate of drug-likeness (QED) is 0.329. The highest BCUT2D eigenvalue weighted by atomic mass is 32.2. The zero-order chi connectivity index (χ0) is 10.7. The van der Waals surface area contributed by atoms with Gasteiger partial charge in [-0.15, -0.1) is 11.8 Å². The van der Waals surface area contributed by atoms with Crippen molar-refractivity contribution in [3.8, 4) is 0 Å². The molecule has 0 radical (unpaired) electrons. The Labute approximate surface area is 93.1 Å². The number of hydrogen-bond donors (Lipinski definition) is 0. The molecule has 0 N–H and O–H groups in total. The van der Waals surface area contributed by atoms with E-state index in [1.165, 1.54) is 7.05 Å². The van der Waals surface area contributed by atoms with Crippen LogP contribution in [0.3, 0.4) is 0 Å². The van der Waals surface area contributed by atoms with Gasteiger partial charge < -0.3 is 5.21 Å². The van der Waals surface area contributed by atoms with Crippen molar-refractivity contribution in [2.75, 3.05) is 19.3 Å². The number of benzene rings is 1. The maximum Gasteiger partial charge on any atom is 0.181 e. The third-order valence-corrected chi connectivity index (χ3v) is 3.10. The van der Waals surface area contributed by atoms with Gasteiger partial charge in [-0.1, -0.05) is 12.1 Å². The van der Waals surface area contributed by atoms with Gasteiger partial charge in [0, 0.05) is 23.4 Å². The van der Waals surface area contributed by atoms with Crippen LogP contribution in [0, 0.1) is 5.21 Å². The van der Waals surface area contributed by atoms with Crippen molar-refractivity contribution in [3.05, 3.63) is 40.6 Å². The van der Waals surface area contributed by atoms with Crippen LogP contribution in [-0.4, -0.2) is 35.3 Å². The predicted octanol–water partition coefficient (Wildman–Crippen LogP) is 1.74. The van der Waals surface area contributed by atoms with Gasteiger partial charge in [0.15, 0.2) is 6.21 Å². The van der Waals surface area contributed by atoms with E-state index in [4.69, 9.17) is 0 Å². The van der Waals surface area contributed by atoms with Crippen LogP contribution in [0.2, 0.25) is 0 Å². The van der Waals surface area contributed by atoms with E-state index in [0.29, 0.717) is 0 Å². The summed E-state index contributed by atoms with van der Waals surface area (Å²) in [7, 11) is 1.48. The first-order chi connectivity index (χ1) is 7.25. The van der Waals surface area contributed by atoms with Gasteiger partial charge in [-0.25, -0.2) is 4.74 Å². The molecule has 78 valence electrons. The molecule has 1 aliphatic heterocycles. The predicted molar refractivity (Wildman–Crippen MR) is 65.0 cm³/mol. The van der Waals surface area contributed by atoms with Crippen molar-refractivity contribution in [2.24, 2.45) is 4.99 Å². The minimum atomic E-state index is 0.802. The molecule has 0 saturated heterocycles. The van der Waals surface area contributed by atoms with E-state index in [9.17, 15) is 5.21 Å². The Morgan fingerprint density at radius 2 is 2.13 bits per heavy atom. The molecule has 3 nitrogen and oxygen atoms in total. The molecule has 0 atom stereocenters. The lowest BCUT2D eigenvalue weighted by atomic mass is 10.1. The van der Waals surface area contributed by atoms with E-state index in [1.807, 2.05) is 24.3 Å². The minimum Gasteiger partial charge on any atom is -0.624 e. The van der Waals surface area contributed by atoms with Gasteiger partial charge >= 0.3 is 0 Å². The second-order valence-corrected chi connectivity index (χ2v) is 4.42. The largest absolute Gasteiger partial charge is 0.624 e. The summed E-state index contributed by atoms with van der Waals surface area (Å²) < 4.78 is 0.802. The van der Waals surface area contributed by atoms with Crippen molar-refractivity contribution in [3.63, 3.8) is 0 Å². The van der Waals surface area contributed by atoms with Crippen LogP contribution in [0.5, 0.6) is 0 Å². The standard InChI is InChI=1S/C11H12N2OS/c1-13(14)8-9-2-4-10(5-3-9)11-12-6-7-15-11/h2-5,8H,6-7H2,1H3. The molecule has 0 aliphatic carbocycles. The first kappa shape index (κ1) is 10.2. The lowest BCUT2D eigenvalue weighted by molar-refractivity contribution is -0.416. The molecule has 0 spiro atoms. The zero-order valence-electron chi connectivity index (χ0n) is 8.51. The zero-order valence-corrected chi connectivity index (χ0v) is 9.33. The van der Waals surface area contributed by atoms with Crippen LogP contribution in [0.25, 0.3) is 0 Å². The molecule has 0 fully saturated rings. The summed E-state index contributed by atoms with van der Waals surface area (Å²) in [6, 6.07) is 7.88. The Kier molecular flexibility index (Phi) is 3.06. The molecule has 2 rings (SSSR count). The molecular formula is C11H12N2OS. The average molecular weight is 220 g/mol. The average Bonchev–Trinajstić information content (AvgIpc) is 2.71. The van der Waals surface area contributed by atoms with E-state index in [-0.39, 0.29) is 0 Å². The number of hydroxylamine groups is 1. The number of nitrogens with zero attached hydrogens (tertiary/aromatic N) is 2. The van der Waals surface area contributed by atoms with E-state index in [2.05, 4.69) is 4.99 Å². The Bertz CT molecular complexity index is 405. The topological polar surface area (TPSA) is 38.4 Å². The fourth-order valence-corrected chi connectivity index (χ4v) is 2.29. The van der Waals surface area contributed by atoms with E-state index in [1.54, 1.807) is 18.0 Å². The van der Waals surface area contributed by atoms with Gasteiger partial charge in [-0.05, 0) is 12.1 Å². The van der Waals surface area contributed by atoms with Crippen LogP contribution >= 0.6 is 11.8 Å². The highest BCUT2D eigenvalue weighted by molar-refractivity contribution is 8.14. The number of thioether (sulfide) groups is 1. The van der Waals surface area contributed by atoms with Gasteiger partial charge in [-0.2, -0.15) is 0 Å². The lowest BCUT2D eigenvalue weighted by Gasteiger charge is -2.00. The molecule has 0 unspecified atom stereocenters. The van der Waals surface area contributed by atoms with E-state index >= 15 is 0 Å². The third-order valence-electron chi connectivity index (χ3n) is 2.07. The van der Waals surface area contributed by atoms with Crippen molar-refractivity contribution in [1.82, 2.24) is 0 Å². The molecule has 1 aromatic carbocycles. The van der Waals surface area contributed by atoms with Crippen molar-refractivity contribution >= 4 is 23.0 Å². The molecule has 0 amide bonds. The van der Waals surface area contributed by atoms with Gasteiger partial charge in [0.25, 0.3) is 0 Å². The smallest absolute Gasteiger partial charge is 0.181 e. The summed E-state index contributed by atoms with van der Waals surface area (Å²) in [6.07, 6.45) is 1.55. The summed E-state index contributed by atoms with van der Waals surface area (Å²) in [5, 5.41) is 11.9. The molecule has 0 bridgehead atoms. The highest BCUT2D eigenvalue weighted by Crippen LogP contribution is 2.18. The van der Waals surface area contributed by atoms with Gasteiger partial charge in [0.05, 0.1) is 5.04 Å². The van der Waals surface area contributed by atoms with Crippen molar-refractivity contribution in [2.45, 2.75) is 0 Å². The van der Waals surface area contributed by atoms with Gasteiger partial charge in [-0.3, -0.25) is 4.99 Å². The van der Waals surface area contributed by atoms with E-state index in [0.717, 1.165) is 33.2 Å². The van der Waals surface area contributed by atoms with Crippen LogP contribution < -0.4 is 0 Å². The molecule has 15 heavy (non-hydrogen) atoms. The van der Waals surface area contributed by atoms with Gasteiger partial charge in [0.1, 0.15) is 7.05 Å². The molecule has 4 heteroatoms. The lowest BCUT2D eigenvalue weighted by Crippen LogP contribution is -1.98. The maximum atomic E-state index is 10.8. The van der Waals surface area contributed by atoms with Crippen LogP contribution in [-0.2, 0) is 0 Å². The normalized spacial score (nSPS) is 16.6. The highest BCUT2D eigenvalue weighted by Gasteiger charge is 2.08.